The first kappa shape index (κ1) is 13.7. The van der Waals surface area contributed by atoms with E-state index < -0.39 is 0 Å². The van der Waals surface area contributed by atoms with Crippen LogP contribution in [-0.4, -0.2) is 0 Å². The van der Waals surface area contributed by atoms with Crippen molar-refractivity contribution in [3.8, 4) is 0 Å². The third-order valence-corrected chi connectivity index (χ3v) is 3.73. The quantitative estimate of drug-likeness (QED) is 0.805. The number of nitrogens with one attached hydrogen (secondary N) is 1. The molecule has 0 heterocycles. The van der Waals surface area contributed by atoms with Crippen LogP contribution in [0.5, 0.6) is 0 Å². The second kappa shape index (κ2) is 5.92. The molecule has 0 spiro atoms. The van der Waals surface area contributed by atoms with Gasteiger partial charge >= 0.3 is 0 Å². The molecule has 19 heavy (non-hydrogen) atoms. The number of hydrogen-bond donors (Lipinski definition) is 1. The first-order chi connectivity index (χ1) is 9.08. The Morgan fingerprint density at radius 3 is 2.26 bits per heavy atom. The highest BCUT2D eigenvalue weighted by Crippen LogP contribution is 2.19. The fourth-order valence-corrected chi connectivity index (χ4v) is 2.16. The van der Waals surface area contributed by atoms with Gasteiger partial charge in [0.05, 0.1) is 0 Å². The highest BCUT2D eigenvalue weighted by Gasteiger charge is 2.01. The molecule has 0 bridgehead atoms. The van der Waals surface area contributed by atoms with Gasteiger partial charge in [0.15, 0.2) is 0 Å². The fourth-order valence-electron chi connectivity index (χ4n) is 2.16. The normalized spacial score (nSPS) is 10.8. The van der Waals surface area contributed by atoms with Gasteiger partial charge in [-0.05, 0) is 48.1 Å². The van der Waals surface area contributed by atoms with Gasteiger partial charge in [0.1, 0.15) is 0 Å². The summed E-state index contributed by atoms with van der Waals surface area (Å²) in [7, 11) is 0. The molecule has 0 radical (unpaired) electrons. The van der Waals surface area contributed by atoms with E-state index in [2.05, 4.69) is 75.5 Å². The van der Waals surface area contributed by atoms with Crippen molar-refractivity contribution < 1.29 is 0 Å². The fraction of sp³-hybridized carbons (Fsp3) is 0.333. The molecular weight excluding hydrogens is 230 g/mol. The van der Waals surface area contributed by atoms with Gasteiger partial charge in [0.25, 0.3) is 0 Å². The Kier molecular flexibility index (Phi) is 4.26. The average Bonchev–Trinajstić information content (AvgIpc) is 2.41. The predicted molar refractivity (Wildman–Crippen MR) is 83.8 cm³/mol. The molecule has 2 rings (SSSR count). The first-order valence-electron chi connectivity index (χ1n) is 6.97. The Hall–Kier alpha value is -1.76. The van der Waals surface area contributed by atoms with Crippen molar-refractivity contribution in [2.75, 3.05) is 5.32 Å². The molecule has 1 nitrogen and oxygen atoms in total. The lowest BCUT2D eigenvalue weighted by Gasteiger charge is -2.12. The third-order valence-electron chi connectivity index (χ3n) is 3.73. The van der Waals surface area contributed by atoms with E-state index in [9.17, 15) is 0 Å². The summed E-state index contributed by atoms with van der Waals surface area (Å²) in [5, 5.41) is 3.52. The van der Waals surface area contributed by atoms with Crippen molar-refractivity contribution in [1.82, 2.24) is 0 Å². The Balaban J connectivity index is 2.04. The van der Waals surface area contributed by atoms with Crippen LogP contribution in [0.2, 0.25) is 0 Å². The number of aryl methyl sites for hydroxylation is 1. The lowest BCUT2D eigenvalue weighted by Crippen LogP contribution is -2.02. The van der Waals surface area contributed by atoms with E-state index >= 15 is 0 Å². The second-order valence-electron chi connectivity index (χ2n) is 5.50. The van der Waals surface area contributed by atoms with Crippen LogP contribution in [0, 0.1) is 13.8 Å². The molecule has 2 aromatic carbocycles. The standard InChI is InChI=1S/C18H23N/c1-13(2)17-10-8-16(9-11-17)12-19-18-7-5-6-14(3)15(18)4/h5-11,13,19H,12H2,1-4H3. The first-order valence-corrected chi connectivity index (χ1v) is 6.97. The maximum atomic E-state index is 3.52. The van der Waals surface area contributed by atoms with E-state index in [1.165, 1.54) is 27.9 Å². The molecule has 0 amide bonds. The van der Waals surface area contributed by atoms with Crippen molar-refractivity contribution in [2.24, 2.45) is 0 Å². The van der Waals surface area contributed by atoms with E-state index in [-0.39, 0.29) is 0 Å². The smallest absolute Gasteiger partial charge is 0.0400 e. The molecular formula is C18H23N. The van der Waals surface area contributed by atoms with Crippen LogP contribution < -0.4 is 5.32 Å². The van der Waals surface area contributed by atoms with Crippen LogP contribution in [-0.2, 0) is 6.54 Å². The maximum Gasteiger partial charge on any atom is 0.0400 e. The monoisotopic (exact) mass is 253 g/mol. The molecule has 0 saturated heterocycles. The Bertz CT molecular complexity index is 538. The van der Waals surface area contributed by atoms with E-state index in [1.54, 1.807) is 0 Å². The van der Waals surface area contributed by atoms with Crippen molar-refractivity contribution in [3.63, 3.8) is 0 Å². The van der Waals surface area contributed by atoms with Crippen molar-refractivity contribution in [1.29, 1.82) is 0 Å². The largest absolute Gasteiger partial charge is 0.381 e. The number of hydrogen-bond acceptors (Lipinski definition) is 1. The van der Waals surface area contributed by atoms with E-state index in [4.69, 9.17) is 0 Å². The highest BCUT2D eigenvalue weighted by atomic mass is 14.9. The van der Waals surface area contributed by atoms with Crippen LogP contribution in [0.1, 0.15) is 42.0 Å². The number of benzene rings is 2. The molecule has 0 aromatic heterocycles. The maximum absolute atomic E-state index is 3.52. The molecule has 0 atom stereocenters. The summed E-state index contributed by atoms with van der Waals surface area (Å²) < 4.78 is 0. The molecule has 0 saturated carbocycles. The average molecular weight is 253 g/mol. The van der Waals surface area contributed by atoms with E-state index in [0.717, 1.165) is 6.54 Å². The Labute approximate surface area is 116 Å². The predicted octanol–water partition coefficient (Wildman–Crippen LogP) is 5.04. The van der Waals surface area contributed by atoms with Crippen LogP contribution in [0.4, 0.5) is 5.69 Å². The Morgan fingerprint density at radius 1 is 0.947 bits per heavy atom. The van der Waals surface area contributed by atoms with Crippen molar-refractivity contribution in [2.45, 2.75) is 40.2 Å². The Morgan fingerprint density at radius 2 is 1.63 bits per heavy atom. The lowest BCUT2D eigenvalue weighted by atomic mass is 10.0. The summed E-state index contributed by atoms with van der Waals surface area (Å²) in [6.45, 7) is 9.65. The van der Waals surface area contributed by atoms with Crippen molar-refractivity contribution >= 4 is 5.69 Å². The molecule has 0 aliphatic carbocycles. The number of anilines is 1. The van der Waals surface area contributed by atoms with Gasteiger partial charge in [-0.25, -0.2) is 0 Å². The summed E-state index contributed by atoms with van der Waals surface area (Å²) in [4.78, 5) is 0. The zero-order valence-corrected chi connectivity index (χ0v) is 12.3. The van der Waals surface area contributed by atoms with E-state index in [0.29, 0.717) is 5.92 Å². The van der Waals surface area contributed by atoms with Gasteiger partial charge in [-0.15, -0.1) is 0 Å². The van der Waals surface area contributed by atoms with Crippen LogP contribution in [0.3, 0.4) is 0 Å². The van der Waals surface area contributed by atoms with Gasteiger partial charge in [-0.2, -0.15) is 0 Å². The summed E-state index contributed by atoms with van der Waals surface area (Å²) in [5.41, 5.74) is 6.62. The number of rotatable bonds is 4. The minimum atomic E-state index is 0.598. The SMILES string of the molecule is Cc1cccc(NCc2ccc(C(C)C)cc2)c1C. The van der Waals surface area contributed by atoms with Crippen LogP contribution >= 0.6 is 0 Å². The summed E-state index contributed by atoms with van der Waals surface area (Å²) >= 11 is 0. The van der Waals surface area contributed by atoms with Crippen molar-refractivity contribution in [3.05, 3.63) is 64.7 Å². The van der Waals surface area contributed by atoms with Gasteiger partial charge in [0.2, 0.25) is 0 Å². The van der Waals surface area contributed by atoms with Gasteiger partial charge in [-0.1, -0.05) is 50.2 Å². The second-order valence-corrected chi connectivity index (χ2v) is 5.50. The summed E-state index contributed by atoms with van der Waals surface area (Å²) in [6.07, 6.45) is 0. The molecule has 1 N–H and O–H groups in total. The molecule has 0 fully saturated rings. The molecule has 2 aromatic rings. The molecule has 0 aliphatic rings. The molecule has 100 valence electrons. The molecule has 0 unspecified atom stereocenters. The van der Waals surface area contributed by atoms with Gasteiger partial charge in [0, 0.05) is 12.2 Å². The third kappa shape index (κ3) is 3.37. The zero-order valence-electron chi connectivity index (χ0n) is 12.3. The summed E-state index contributed by atoms with van der Waals surface area (Å²) in [6, 6.07) is 15.3. The summed E-state index contributed by atoms with van der Waals surface area (Å²) in [5.74, 6) is 0.598. The minimum Gasteiger partial charge on any atom is -0.381 e. The minimum absolute atomic E-state index is 0.598. The van der Waals surface area contributed by atoms with Crippen LogP contribution in [0.25, 0.3) is 0 Å². The van der Waals surface area contributed by atoms with Gasteiger partial charge in [-0.3, -0.25) is 0 Å². The van der Waals surface area contributed by atoms with E-state index in [1.807, 2.05) is 0 Å². The van der Waals surface area contributed by atoms with Gasteiger partial charge < -0.3 is 5.32 Å². The molecule has 0 aliphatic heterocycles. The van der Waals surface area contributed by atoms with Crippen LogP contribution in [0.15, 0.2) is 42.5 Å². The zero-order chi connectivity index (χ0) is 13.8. The lowest BCUT2D eigenvalue weighted by molar-refractivity contribution is 0.865. The topological polar surface area (TPSA) is 12.0 Å². The molecule has 1 heteroatoms. The highest BCUT2D eigenvalue weighted by molar-refractivity contribution is 5.53.